The minimum Gasteiger partial charge on any atom is -0.389 e. The fourth-order valence-corrected chi connectivity index (χ4v) is 2.18. The van der Waals surface area contributed by atoms with Crippen LogP contribution in [0.15, 0.2) is 24.3 Å². The summed E-state index contributed by atoms with van der Waals surface area (Å²) in [5.74, 6) is -0.0394. The second-order valence-electron chi connectivity index (χ2n) is 5.17. The zero-order chi connectivity index (χ0) is 15.0. The zero-order valence-corrected chi connectivity index (χ0v) is 13.1. The molecule has 0 aromatic heterocycles. The van der Waals surface area contributed by atoms with Crippen molar-refractivity contribution in [3.63, 3.8) is 0 Å². The highest BCUT2D eigenvalue weighted by Gasteiger charge is 2.09. The lowest BCUT2D eigenvalue weighted by Gasteiger charge is -2.14. The molecule has 1 rings (SSSR count). The van der Waals surface area contributed by atoms with E-state index in [0.717, 1.165) is 18.4 Å². The Hall–Kier alpha value is -1.42. The quantitative estimate of drug-likeness (QED) is 0.570. The molecule has 1 atom stereocenters. The Bertz CT molecular complexity index is 442. The van der Waals surface area contributed by atoms with Crippen molar-refractivity contribution >= 4 is 23.1 Å². The van der Waals surface area contributed by atoms with E-state index in [1.54, 1.807) is 24.3 Å². The highest BCUT2D eigenvalue weighted by atomic mass is 32.1. The van der Waals surface area contributed by atoms with Crippen LogP contribution in [-0.2, 0) is 0 Å². The van der Waals surface area contributed by atoms with Gasteiger partial charge in [-0.3, -0.25) is 4.79 Å². The molecule has 0 aliphatic rings. The lowest BCUT2D eigenvalue weighted by atomic mass is 10.1. The maximum atomic E-state index is 12.0. The molecule has 0 bridgehead atoms. The first-order valence-electron chi connectivity index (χ1n) is 7.25. The monoisotopic (exact) mass is 292 g/mol. The fraction of sp³-hybridized carbons (Fsp3) is 0.500. The zero-order valence-electron chi connectivity index (χ0n) is 12.3. The van der Waals surface area contributed by atoms with Gasteiger partial charge in [-0.15, -0.1) is 0 Å². The van der Waals surface area contributed by atoms with Crippen molar-refractivity contribution in [1.29, 1.82) is 0 Å². The van der Waals surface area contributed by atoms with Gasteiger partial charge in [-0.25, -0.2) is 0 Å². The number of nitrogens with one attached hydrogen (secondary N) is 1. The maximum Gasteiger partial charge on any atom is 0.251 e. The van der Waals surface area contributed by atoms with Crippen molar-refractivity contribution in [2.45, 2.75) is 52.0 Å². The first-order chi connectivity index (χ1) is 9.54. The molecule has 1 aromatic rings. The Morgan fingerprint density at radius 3 is 2.35 bits per heavy atom. The van der Waals surface area contributed by atoms with Crippen molar-refractivity contribution in [2.24, 2.45) is 5.73 Å². The lowest BCUT2D eigenvalue weighted by Crippen LogP contribution is -2.32. The molecule has 0 heterocycles. The van der Waals surface area contributed by atoms with Gasteiger partial charge in [0.2, 0.25) is 0 Å². The average Bonchev–Trinajstić information content (AvgIpc) is 2.43. The predicted molar refractivity (Wildman–Crippen MR) is 88.0 cm³/mol. The first-order valence-corrected chi connectivity index (χ1v) is 7.66. The Kier molecular flexibility index (Phi) is 7.23. The summed E-state index contributed by atoms with van der Waals surface area (Å²) in [4.78, 5) is 12.4. The third kappa shape index (κ3) is 5.70. The summed E-state index contributed by atoms with van der Waals surface area (Å²) >= 11 is 4.89. The summed E-state index contributed by atoms with van der Waals surface area (Å²) in [5.41, 5.74) is 6.96. The number of benzene rings is 1. The number of carbonyl (C=O) groups excluding carboxylic acids is 1. The van der Waals surface area contributed by atoms with E-state index in [4.69, 9.17) is 18.0 Å². The molecule has 0 saturated carbocycles. The van der Waals surface area contributed by atoms with Crippen LogP contribution in [-0.4, -0.2) is 16.9 Å². The first kappa shape index (κ1) is 16.6. The van der Waals surface area contributed by atoms with Gasteiger partial charge in [0.1, 0.15) is 4.99 Å². The van der Waals surface area contributed by atoms with Crippen LogP contribution in [0.3, 0.4) is 0 Å². The largest absolute Gasteiger partial charge is 0.389 e. The molecule has 0 saturated heterocycles. The van der Waals surface area contributed by atoms with Gasteiger partial charge in [-0.2, -0.15) is 0 Å². The van der Waals surface area contributed by atoms with Gasteiger partial charge in [0.05, 0.1) is 0 Å². The summed E-state index contributed by atoms with van der Waals surface area (Å²) in [6.07, 6.45) is 5.92. The number of hydrogen-bond acceptors (Lipinski definition) is 2. The Labute approximate surface area is 126 Å². The van der Waals surface area contributed by atoms with E-state index in [2.05, 4.69) is 12.2 Å². The Morgan fingerprint density at radius 1 is 1.20 bits per heavy atom. The van der Waals surface area contributed by atoms with E-state index in [-0.39, 0.29) is 11.9 Å². The number of rotatable bonds is 8. The summed E-state index contributed by atoms with van der Waals surface area (Å²) in [6.45, 7) is 4.25. The third-order valence-electron chi connectivity index (χ3n) is 3.30. The molecule has 1 aromatic carbocycles. The molecule has 1 amide bonds. The molecule has 0 fully saturated rings. The summed E-state index contributed by atoms with van der Waals surface area (Å²) in [6, 6.07) is 7.28. The summed E-state index contributed by atoms with van der Waals surface area (Å²) in [7, 11) is 0. The molecule has 3 N–H and O–H groups in total. The molecule has 0 radical (unpaired) electrons. The number of thiocarbonyl (C=S) groups is 1. The summed E-state index contributed by atoms with van der Waals surface area (Å²) in [5, 5.41) is 3.02. The molecule has 110 valence electrons. The molecular formula is C16H24N2OS. The standard InChI is InChI=1S/C16H24N2OS/c1-3-4-5-6-7-12(2)18-16(19)14-10-8-13(9-11-14)15(17)20/h8-12H,3-7H2,1-2H3,(H2,17,20)(H,18,19). The number of carbonyl (C=O) groups is 1. The van der Waals surface area contributed by atoms with Crippen molar-refractivity contribution in [2.75, 3.05) is 0 Å². The normalized spacial score (nSPS) is 11.9. The van der Waals surface area contributed by atoms with Crippen molar-refractivity contribution < 1.29 is 4.79 Å². The van der Waals surface area contributed by atoms with Crippen LogP contribution in [0.4, 0.5) is 0 Å². The van der Waals surface area contributed by atoms with Gasteiger partial charge in [-0.1, -0.05) is 57.0 Å². The molecular weight excluding hydrogens is 268 g/mol. The van der Waals surface area contributed by atoms with Gasteiger partial charge < -0.3 is 11.1 Å². The highest BCUT2D eigenvalue weighted by molar-refractivity contribution is 7.80. The minimum atomic E-state index is -0.0394. The second-order valence-corrected chi connectivity index (χ2v) is 5.61. The highest BCUT2D eigenvalue weighted by Crippen LogP contribution is 2.08. The molecule has 0 aliphatic heterocycles. The van der Waals surface area contributed by atoms with Crippen LogP contribution in [0.25, 0.3) is 0 Å². The van der Waals surface area contributed by atoms with E-state index in [0.29, 0.717) is 10.6 Å². The van der Waals surface area contributed by atoms with E-state index in [1.165, 1.54) is 19.3 Å². The molecule has 0 aliphatic carbocycles. The van der Waals surface area contributed by atoms with Crippen LogP contribution in [0.2, 0.25) is 0 Å². The van der Waals surface area contributed by atoms with Crippen LogP contribution >= 0.6 is 12.2 Å². The van der Waals surface area contributed by atoms with Gasteiger partial charge >= 0.3 is 0 Å². The van der Waals surface area contributed by atoms with Crippen molar-refractivity contribution in [1.82, 2.24) is 5.32 Å². The molecule has 3 nitrogen and oxygen atoms in total. The second kappa shape index (κ2) is 8.69. The van der Waals surface area contributed by atoms with Gasteiger partial charge in [0, 0.05) is 17.2 Å². The maximum absolute atomic E-state index is 12.0. The minimum absolute atomic E-state index is 0.0394. The summed E-state index contributed by atoms with van der Waals surface area (Å²) < 4.78 is 0. The number of amides is 1. The van der Waals surface area contributed by atoms with E-state index in [9.17, 15) is 4.79 Å². The van der Waals surface area contributed by atoms with Gasteiger partial charge in [0.15, 0.2) is 0 Å². The average molecular weight is 292 g/mol. The molecule has 0 spiro atoms. The fourth-order valence-electron chi connectivity index (χ4n) is 2.04. The number of unbranched alkanes of at least 4 members (excludes halogenated alkanes) is 3. The SMILES string of the molecule is CCCCCCC(C)NC(=O)c1ccc(C(N)=S)cc1. The predicted octanol–water partition coefficient (Wildman–Crippen LogP) is 3.41. The number of nitrogens with two attached hydrogens (primary N) is 1. The van der Waals surface area contributed by atoms with Crippen LogP contribution in [0.1, 0.15) is 61.9 Å². The third-order valence-corrected chi connectivity index (χ3v) is 3.54. The van der Waals surface area contributed by atoms with Gasteiger partial charge in [0.25, 0.3) is 5.91 Å². The van der Waals surface area contributed by atoms with Crippen LogP contribution in [0.5, 0.6) is 0 Å². The van der Waals surface area contributed by atoms with E-state index in [1.807, 2.05) is 6.92 Å². The van der Waals surface area contributed by atoms with E-state index < -0.39 is 0 Å². The lowest BCUT2D eigenvalue weighted by molar-refractivity contribution is 0.0938. The molecule has 1 unspecified atom stereocenters. The Morgan fingerprint density at radius 2 is 1.80 bits per heavy atom. The van der Waals surface area contributed by atoms with Crippen LogP contribution in [0, 0.1) is 0 Å². The Balaban J connectivity index is 2.43. The smallest absolute Gasteiger partial charge is 0.251 e. The van der Waals surface area contributed by atoms with E-state index >= 15 is 0 Å². The number of hydrogen-bond donors (Lipinski definition) is 2. The molecule has 4 heteroatoms. The molecule has 20 heavy (non-hydrogen) atoms. The van der Waals surface area contributed by atoms with Gasteiger partial charge in [-0.05, 0) is 25.5 Å². The van der Waals surface area contributed by atoms with Crippen molar-refractivity contribution in [3.05, 3.63) is 35.4 Å². The van der Waals surface area contributed by atoms with Crippen LogP contribution < -0.4 is 11.1 Å². The van der Waals surface area contributed by atoms with Crippen molar-refractivity contribution in [3.8, 4) is 0 Å². The topological polar surface area (TPSA) is 55.1 Å².